The molecule has 0 radical (unpaired) electrons. The zero-order valence-electron chi connectivity index (χ0n) is 69.0. The van der Waals surface area contributed by atoms with E-state index in [1.54, 1.807) is 42.5 Å². The van der Waals surface area contributed by atoms with Crippen LogP contribution >= 0.6 is 0 Å². The van der Waals surface area contributed by atoms with E-state index in [2.05, 4.69) is 70.9 Å². The summed E-state index contributed by atoms with van der Waals surface area (Å²) in [6.07, 6.45) is 23.7. The number of carbonyl (C=O) groups excluding carboxylic acids is 3. The van der Waals surface area contributed by atoms with Crippen LogP contribution in [0.2, 0.25) is 0 Å². The molecule has 0 spiro atoms. The predicted molar refractivity (Wildman–Crippen MR) is 425 cm³/mol. The maximum Gasteiger partial charge on any atom is 0.408 e. The van der Waals surface area contributed by atoms with Gasteiger partial charge in [-0.25, -0.2) is 14.2 Å². The van der Waals surface area contributed by atoms with Crippen LogP contribution in [0.3, 0.4) is 0 Å². The van der Waals surface area contributed by atoms with E-state index in [0.29, 0.717) is 237 Å². The first-order valence-corrected chi connectivity index (χ1v) is 42.9. The van der Waals surface area contributed by atoms with Crippen molar-refractivity contribution in [3.05, 3.63) is 23.8 Å². The lowest BCUT2D eigenvalue weighted by molar-refractivity contribution is -0.124. The summed E-state index contributed by atoms with van der Waals surface area (Å²) in [6, 6.07) is -0.348. The number of hydrogen-bond donors (Lipinski definition) is 5. The fourth-order valence-corrected chi connectivity index (χ4v) is 18.3. The molecule has 8 saturated carbocycles. The topological polar surface area (TPSA) is 377 Å². The van der Waals surface area contributed by atoms with Gasteiger partial charge < -0.3 is 98.0 Å². The zero-order valence-corrected chi connectivity index (χ0v) is 69.0. The van der Waals surface area contributed by atoms with Crippen molar-refractivity contribution in [1.82, 2.24) is 75.8 Å². The minimum absolute atomic E-state index is 0.0298. The Morgan fingerprint density at radius 2 is 0.791 bits per heavy atom. The predicted octanol–water partition coefficient (Wildman–Crippen LogP) is 6.49. The fourth-order valence-electron chi connectivity index (χ4n) is 18.3. The summed E-state index contributed by atoms with van der Waals surface area (Å²) in [5.74, 6) is 8.23. The highest BCUT2D eigenvalue weighted by Crippen LogP contribution is 2.58. The minimum atomic E-state index is -1.04. The Balaban J connectivity index is 0.424. The molecule has 2 aliphatic heterocycles. The highest BCUT2D eigenvalue weighted by atomic mass is 16.6. The Hall–Kier alpha value is -7.09. The van der Waals surface area contributed by atoms with E-state index in [4.69, 9.17) is 91.5 Å². The number of amides is 3. The molecule has 8 bridgehead atoms. The lowest BCUT2D eigenvalue weighted by Gasteiger charge is -2.56. The average Bonchev–Trinajstić information content (AvgIpc) is 0.807. The number of hydrogen-bond acceptors (Lipinski definition) is 30. The lowest BCUT2D eigenvalue weighted by Crippen LogP contribution is -2.55. The molecule has 2 saturated heterocycles. The maximum atomic E-state index is 13.4. The van der Waals surface area contributed by atoms with Crippen LogP contribution < -0.4 is 45.9 Å². The number of alkyl carbamates (subject to hydrolysis) is 1. The van der Waals surface area contributed by atoms with Gasteiger partial charge in [-0.15, -0.1) is 10.2 Å². The van der Waals surface area contributed by atoms with Crippen LogP contribution in [-0.4, -0.2) is 285 Å². The van der Waals surface area contributed by atoms with E-state index in [0.717, 1.165) is 87.4 Å². The van der Waals surface area contributed by atoms with Gasteiger partial charge in [0.25, 0.3) is 0 Å². The van der Waals surface area contributed by atoms with Crippen LogP contribution in [0.15, 0.2) is 12.4 Å². The summed E-state index contributed by atoms with van der Waals surface area (Å²) in [7, 11) is 0. The third-order valence-electron chi connectivity index (χ3n) is 23.2. The molecular weight excluding hydrogens is 1480 g/mol. The number of ether oxygens (including phenoxy) is 13. The first kappa shape index (κ1) is 87.2. The first-order valence-electron chi connectivity index (χ1n) is 42.9. The van der Waals surface area contributed by atoms with Crippen molar-refractivity contribution in [1.29, 1.82) is 0 Å². The quantitative estimate of drug-likeness (QED) is 0.0295. The molecule has 14 rings (SSSR count). The van der Waals surface area contributed by atoms with Gasteiger partial charge in [0.1, 0.15) is 24.9 Å². The highest BCUT2D eigenvalue weighted by molar-refractivity contribution is 5.86. The molecule has 4 aromatic rings. The number of nitrogens with zero attached hydrogens (tertiary/aromatic N) is 14. The number of aromatic nitrogens is 12. The summed E-state index contributed by atoms with van der Waals surface area (Å²) in [5.41, 5.74) is 0.726. The molecule has 642 valence electrons. The summed E-state index contributed by atoms with van der Waals surface area (Å²) >= 11 is 0. The number of nitrogens with one attached hydrogen (secondary N) is 5. The summed E-state index contributed by atoms with van der Waals surface area (Å²) in [4.78, 5) is 72.8. The van der Waals surface area contributed by atoms with Gasteiger partial charge in [-0.2, -0.15) is 29.9 Å². The summed E-state index contributed by atoms with van der Waals surface area (Å²) < 4.78 is 78.0. The molecule has 6 heterocycles. The molecule has 35 heteroatoms. The number of carbonyl (C=O) groups is 3. The van der Waals surface area contributed by atoms with E-state index < -0.39 is 23.6 Å². The third-order valence-corrected chi connectivity index (χ3v) is 23.2. The van der Waals surface area contributed by atoms with Crippen molar-refractivity contribution < 1.29 is 76.0 Å². The summed E-state index contributed by atoms with van der Waals surface area (Å²) in [5, 5.41) is 32.9. The lowest BCUT2D eigenvalue weighted by atomic mass is 9.53. The SMILES string of the molecule is CC1CCN(c2nc(NC34CC5CC(CC(C5)C3)C4)nc(OCCOCCOCCOCCOCCOCCn3cc(CCNC(=O)CC[C@H](NC(=O)OC(C)(C)C)C(=O)NCCc4cn(CCOCCOCCOCCOCCOCCOc5nc(NC67CC8CC(CC(C8)C6)C7)nc(N6CCC(C)CC6)n5)nn4)nn3)n2)CC1. The number of rotatable bonds is 55. The molecule has 4 aromatic heterocycles. The van der Waals surface area contributed by atoms with E-state index in [1.165, 1.54) is 77.0 Å². The van der Waals surface area contributed by atoms with Crippen molar-refractivity contribution in [2.24, 2.45) is 47.3 Å². The van der Waals surface area contributed by atoms with Crippen LogP contribution in [0.5, 0.6) is 12.0 Å². The molecule has 115 heavy (non-hydrogen) atoms. The van der Waals surface area contributed by atoms with Gasteiger partial charge >= 0.3 is 18.1 Å². The van der Waals surface area contributed by atoms with E-state index in [9.17, 15) is 14.4 Å². The molecule has 0 aromatic carbocycles. The Morgan fingerprint density at radius 3 is 1.15 bits per heavy atom. The van der Waals surface area contributed by atoms with Gasteiger partial charge in [-0.05, 0) is 177 Å². The van der Waals surface area contributed by atoms with Gasteiger partial charge in [0.15, 0.2) is 0 Å². The van der Waals surface area contributed by atoms with Crippen LogP contribution in [0.25, 0.3) is 0 Å². The van der Waals surface area contributed by atoms with Gasteiger partial charge in [-0.3, -0.25) is 9.59 Å². The Labute approximate surface area is 677 Å². The second kappa shape index (κ2) is 45.2. The minimum Gasteiger partial charge on any atom is -0.461 e. The standard InChI is InChI=1S/C80H131N19O16/c1-58-10-16-96(17-11-58)73-84-71(90-79-50-60-44-61(51-79)46-62(45-60)52-79)86-75(88-73)113-42-40-111-38-36-109-34-32-107-30-28-105-26-24-103-22-20-98-56-66(92-94-98)8-14-81-69(100)7-6-68(83-77(102)115-78(3,4)5)70(101)82-15-9-67-57-99(95-93-67)21-23-104-25-27-106-29-31-108-33-35-110-37-39-112-41-43-114-76-87-72(85-74(89-76)97-18-12-59(2)13-19-97)91-80-53-63-47-64(54-80)49-65(48-63)55-80/h56-65,68H,6-55H2,1-5H3,(H,81,100)(H,82,101)(H,83,102)(H,84,86,88,90)(H,85,87,89,91)/t60?,61?,62?,63?,64?,65?,68-,79?,80?/m0/s1. The Morgan fingerprint density at radius 1 is 0.452 bits per heavy atom. The van der Waals surface area contributed by atoms with Gasteiger partial charge in [0.05, 0.1) is 157 Å². The molecule has 10 aliphatic rings. The Bertz CT molecular complexity index is 3470. The number of anilines is 4. The smallest absolute Gasteiger partial charge is 0.408 e. The molecule has 10 fully saturated rings. The van der Waals surface area contributed by atoms with Crippen LogP contribution in [0, 0.1) is 47.3 Å². The van der Waals surface area contributed by atoms with Crippen molar-refractivity contribution in [2.75, 3.05) is 205 Å². The van der Waals surface area contributed by atoms with Crippen LogP contribution in [0.1, 0.15) is 162 Å². The van der Waals surface area contributed by atoms with Crippen LogP contribution in [0.4, 0.5) is 28.6 Å². The van der Waals surface area contributed by atoms with E-state index in [-0.39, 0.29) is 36.4 Å². The largest absolute Gasteiger partial charge is 0.461 e. The van der Waals surface area contributed by atoms with Crippen molar-refractivity contribution in [2.45, 2.75) is 199 Å². The highest BCUT2D eigenvalue weighted by Gasteiger charge is 2.53. The molecule has 35 nitrogen and oxygen atoms in total. The van der Waals surface area contributed by atoms with E-state index in [1.807, 2.05) is 0 Å². The fraction of sp³-hybridized carbons (Fsp3) is 0.838. The maximum absolute atomic E-state index is 13.4. The zero-order chi connectivity index (χ0) is 79.9. The van der Waals surface area contributed by atoms with Gasteiger partial charge in [0.2, 0.25) is 35.6 Å². The Kier molecular flexibility index (Phi) is 34.3. The molecule has 8 aliphatic carbocycles. The number of piperidine rings is 2. The average molecular weight is 1620 g/mol. The molecule has 5 N–H and O–H groups in total. The van der Waals surface area contributed by atoms with Crippen molar-refractivity contribution in [3.63, 3.8) is 0 Å². The van der Waals surface area contributed by atoms with Crippen molar-refractivity contribution in [3.8, 4) is 12.0 Å². The van der Waals surface area contributed by atoms with Gasteiger partial charge in [0, 0.05) is 82.0 Å². The molecule has 0 unspecified atom stereocenters. The molecule has 1 atom stereocenters. The second-order valence-corrected chi connectivity index (χ2v) is 34.1. The normalized spacial score (nSPS) is 23.4. The van der Waals surface area contributed by atoms with Gasteiger partial charge in [-0.1, -0.05) is 24.3 Å². The third kappa shape index (κ3) is 29.7. The van der Waals surface area contributed by atoms with Crippen molar-refractivity contribution >= 4 is 41.7 Å². The monoisotopic (exact) mass is 1610 g/mol. The van der Waals surface area contributed by atoms with Crippen LogP contribution in [-0.2, 0) is 87.6 Å². The molecular formula is C80H131N19O16. The van der Waals surface area contributed by atoms with E-state index >= 15 is 0 Å². The first-order chi connectivity index (χ1) is 56.0. The summed E-state index contributed by atoms with van der Waals surface area (Å²) in [6.45, 7) is 24.1. The second-order valence-electron chi connectivity index (χ2n) is 34.1. The molecule has 3 amide bonds.